The zero-order chi connectivity index (χ0) is 17.8. The summed E-state index contributed by atoms with van der Waals surface area (Å²) in [6.45, 7) is 5.21. The Balaban J connectivity index is 1.40. The lowest BCUT2D eigenvalue weighted by Gasteiger charge is -2.34. The molecule has 5 nitrogen and oxygen atoms in total. The molecule has 6 heteroatoms. The van der Waals surface area contributed by atoms with Crippen molar-refractivity contribution in [1.29, 1.82) is 0 Å². The molecule has 0 aromatic carbocycles. The van der Waals surface area contributed by atoms with E-state index in [-0.39, 0.29) is 5.88 Å². The van der Waals surface area contributed by atoms with E-state index in [9.17, 15) is 4.39 Å². The third-order valence-corrected chi connectivity index (χ3v) is 5.43. The predicted octanol–water partition coefficient (Wildman–Crippen LogP) is 3.10. The highest BCUT2D eigenvalue weighted by molar-refractivity contribution is 5.12. The number of hydrogen-bond donors (Lipinski definition) is 0. The maximum absolute atomic E-state index is 13.7. The van der Waals surface area contributed by atoms with E-state index in [1.807, 2.05) is 0 Å². The molecule has 0 amide bonds. The van der Waals surface area contributed by atoms with Crippen LogP contribution in [0.5, 0.6) is 5.88 Å². The van der Waals surface area contributed by atoms with Gasteiger partial charge in [-0.25, -0.2) is 9.37 Å². The van der Waals surface area contributed by atoms with E-state index in [1.54, 1.807) is 12.3 Å². The van der Waals surface area contributed by atoms with Crippen LogP contribution >= 0.6 is 0 Å². The van der Waals surface area contributed by atoms with E-state index < -0.39 is 5.82 Å². The Bertz CT molecular complexity index is 715. The van der Waals surface area contributed by atoms with Crippen LogP contribution in [0, 0.1) is 11.7 Å². The van der Waals surface area contributed by atoms with Crippen LogP contribution in [-0.4, -0.2) is 46.9 Å². The average Bonchev–Trinajstić information content (AvgIpc) is 3.02. The number of halogens is 1. The molecule has 0 bridgehead atoms. The van der Waals surface area contributed by atoms with Crippen molar-refractivity contribution in [2.45, 2.75) is 38.4 Å². The molecule has 2 aliphatic rings. The van der Waals surface area contributed by atoms with Crippen molar-refractivity contribution in [2.24, 2.45) is 5.92 Å². The van der Waals surface area contributed by atoms with Gasteiger partial charge in [0, 0.05) is 57.0 Å². The second-order valence-electron chi connectivity index (χ2n) is 7.22. The molecule has 1 fully saturated rings. The van der Waals surface area contributed by atoms with Gasteiger partial charge in [-0.2, -0.15) is 0 Å². The van der Waals surface area contributed by atoms with Crippen LogP contribution in [0.1, 0.15) is 25.0 Å². The first-order valence-corrected chi connectivity index (χ1v) is 9.49. The highest BCUT2D eigenvalue weighted by Crippen LogP contribution is 2.25. The van der Waals surface area contributed by atoms with E-state index in [2.05, 4.69) is 32.8 Å². The highest BCUT2D eigenvalue weighted by atomic mass is 19.1. The molecular weight excluding hydrogens is 333 g/mol. The van der Waals surface area contributed by atoms with Gasteiger partial charge in [-0.15, -0.1) is 0 Å². The summed E-state index contributed by atoms with van der Waals surface area (Å²) in [6.07, 6.45) is 6.80. The summed E-state index contributed by atoms with van der Waals surface area (Å²) >= 11 is 0. The summed E-state index contributed by atoms with van der Waals surface area (Å²) < 4.78 is 27.2. The molecule has 0 saturated carbocycles. The number of nitrogens with zero attached hydrogens (tertiary/aromatic N) is 3. The molecule has 0 N–H and O–H groups in total. The zero-order valence-corrected chi connectivity index (χ0v) is 15.0. The molecule has 4 rings (SSSR count). The molecular formula is C20H26FN3O2. The van der Waals surface area contributed by atoms with Gasteiger partial charge >= 0.3 is 0 Å². The third kappa shape index (κ3) is 4.07. The van der Waals surface area contributed by atoms with Gasteiger partial charge in [-0.05, 0) is 49.4 Å². The largest absolute Gasteiger partial charge is 0.476 e. The molecule has 2 aromatic heterocycles. The minimum atomic E-state index is -0.398. The van der Waals surface area contributed by atoms with Crippen LogP contribution in [0.4, 0.5) is 4.39 Å². The Morgan fingerprint density at radius 3 is 2.92 bits per heavy atom. The lowest BCUT2D eigenvalue weighted by molar-refractivity contribution is 0.0252. The van der Waals surface area contributed by atoms with Crippen LogP contribution in [0.2, 0.25) is 0 Å². The molecule has 2 aromatic rings. The number of fused-ring (bicyclic) bond motifs is 1. The summed E-state index contributed by atoms with van der Waals surface area (Å²) in [5, 5.41) is 0. The second kappa shape index (κ2) is 8.18. The molecule has 140 valence electrons. The molecule has 0 spiro atoms. The van der Waals surface area contributed by atoms with Gasteiger partial charge < -0.3 is 14.0 Å². The first-order valence-electron chi connectivity index (χ1n) is 9.49. The van der Waals surface area contributed by atoms with Crippen LogP contribution in [0.15, 0.2) is 36.7 Å². The molecule has 2 aliphatic heterocycles. The maximum atomic E-state index is 13.7. The Hall–Kier alpha value is -1.92. The minimum absolute atomic E-state index is 0.101. The van der Waals surface area contributed by atoms with Gasteiger partial charge in [-0.3, -0.25) is 4.90 Å². The Morgan fingerprint density at radius 1 is 1.19 bits per heavy atom. The van der Waals surface area contributed by atoms with Gasteiger partial charge in [0.25, 0.3) is 0 Å². The van der Waals surface area contributed by atoms with Crippen LogP contribution < -0.4 is 4.74 Å². The number of hydrogen-bond acceptors (Lipinski definition) is 4. The Morgan fingerprint density at radius 2 is 2.08 bits per heavy atom. The molecule has 4 heterocycles. The first kappa shape index (κ1) is 17.5. The van der Waals surface area contributed by atoms with Gasteiger partial charge in [-0.1, -0.05) is 0 Å². The fourth-order valence-electron chi connectivity index (χ4n) is 4.02. The van der Waals surface area contributed by atoms with Crippen molar-refractivity contribution in [3.8, 4) is 5.88 Å². The highest BCUT2D eigenvalue weighted by Gasteiger charge is 2.28. The summed E-state index contributed by atoms with van der Waals surface area (Å²) in [5.41, 5.74) is 1.37. The van der Waals surface area contributed by atoms with Crippen molar-refractivity contribution in [1.82, 2.24) is 14.5 Å². The summed E-state index contributed by atoms with van der Waals surface area (Å²) in [7, 11) is 0. The van der Waals surface area contributed by atoms with E-state index >= 15 is 0 Å². The fraction of sp³-hybridized carbons (Fsp3) is 0.550. The van der Waals surface area contributed by atoms with Crippen molar-refractivity contribution in [2.75, 3.05) is 26.4 Å². The van der Waals surface area contributed by atoms with Gasteiger partial charge in [0.2, 0.25) is 5.88 Å². The number of pyridine rings is 1. The van der Waals surface area contributed by atoms with Crippen LogP contribution in [0.3, 0.4) is 0 Å². The topological polar surface area (TPSA) is 39.5 Å². The van der Waals surface area contributed by atoms with Gasteiger partial charge in [0.1, 0.15) is 0 Å². The average molecular weight is 359 g/mol. The third-order valence-electron chi connectivity index (χ3n) is 5.43. The number of aromatic nitrogens is 2. The standard InChI is InChI=1S/C20H26FN3O2/c21-19-4-1-8-22-20(19)26-12-5-16-13-23-9-2-3-18(23)15-24(14-16)17-6-10-25-11-7-17/h1-4,8-9,16-17H,5-7,10-15H2/t16-/m1/s1. The molecule has 0 unspecified atom stereocenters. The van der Waals surface area contributed by atoms with E-state index in [1.165, 1.54) is 11.8 Å². The summed E-state index contributed by atoms with van der Waals surface area (Å²) in [4.78, 5) is 6.57. The predicted molar refractivity (Wildman–Crippen MR) is 96.5 cm³/mol. The lowest BCUT2D eigenvalue weighted by Crippen LogP contribution is -2.41. The van der Waals surface area contributed by atoms with E-state index in [0.29, 0.717) is 18.6 Å². The number of ether oxygens (including phenoxy) is 2. The monoisotopic (exact) mass is 359 g/mol. The van der Waals surface area contributed by atoms with Crippen molar-refractivity contribution in [3.63, 3.8) is 0 Å². The van der Waals surface area contributed by atoms with Crippen molar-refractivity contribution in [3.05, 3.63) is 48.2 Å². The smallest absolute Gasteiger partial charge is 0.250 e. The quantitative estimate of drug-likeness (QED) is 0.822. The summed E-state index contributed by atoms with van der Waals surface area (Å²) in [6, 6.07) is 7.88. The Labute approximate surface area is 153 Å². The molecule has 1 saturated heterocycles. The van der Waals surface area contributed by atoms with E-state index in [0.717, 1.165) is 52.1 Å². The van der Waals surface area contributed by atoms with Crippen LogP contribution in [0.25, 0.3) is 0 Å². The fourth-order valence-corrected chi connectivity index (χ4v) is 4.02. The zero-order valence-electron chi connectivity index (χ0n) is 15.0. The van der Waals surface area contributed by atoms with Gasteiger partial charge in [0.05, 0.1) is 6.61 Å². The van der Waals surface area contributed by atoms with Crippen LogP contribution in [-0.2, 0) is 17.8 Å². The maximum Gasteiger partial charge on any atom is 0.250 e. The lowest BCUT2D eigenvalue weighted by atomic mass is 10.0. The van der Waals surface area contributed by atoms with E-state index in [4.69, 9.17) is 9.47 Å². The second-order valence-corrected chi connectivity index (χ2v) is 7.22. The molecule has 1 atom stereocenters. The SMILES string of the molecule is Fc1cccnc1OCC[C@H]1CN(C2CCOCC2)Cc2cccn2C1. The minimum Gasteiger partial charge on any atom is -0.476 e. The molecule has 26 heavy (non-hydrogen) atoms. The molecule has 0 aliphatic carbocycles. The van der Waals surface area contributed by atoms with Gasteiger partial charge in [0.15, 0.2) is 5.82 Å². The molecule has 0 radical (unpaired) electrons. The normalized spacial score (nSPS) is 22.0. The van der Waals surface area contributed by atoms with Crippen molar-refractivity contribution < 1.29 is 13.9 Å². The Kier molecular flexibility index (Phi) is 5.51. The number of rotatable bonds is 5. The van der Waals surface area contributed by atoms with Crippen molar-refractivity contribution >= 4 is 0 Å². The first-order chi connectivity index (χ1) is 12.8. The summed E-state index contributed by atoms with van der Waals surface area (Å²) in [5.74, 6) is 0.173.